The Kier molecular flexibility index (Phi) is 6.67. The van der Waals surface area contributed by atoms with Crippen LogP contribution >= 0.6 is 0 Å². The van der Waals surface area contributed by atoms with Crippen LogP contribution in [-0.2, 0) is 14.3 Å². The van der Waals surface area contributed by atoms with Crippen LogP contribution in [0.3, 0.4) is 0 Å². The Labute approximate surface area is 193 Å². The average Bonchev–Trinajstić information content (AvgIpc) is 3.38. The lowest BCUT2D eigenvalue weighted by molar-refractivity contribution is -0.143. The van der Waals surface area contributed by atoms with Gasteiger partial charge in [0.05, 0.1) is 5.92 Å². The third kappa shape index (κ3) is 4.72. The van der Waals surface area contributed by atoms with Gasteiger partial charge in [-0.15, -0.1) is 0 Å². The molecule has 2 aromatic carbocycles. The molecule has 174 valence electrons. The van der Waals surface area contributed by atoms with Crippen LogP contribution in [0.1, 0.15) is 50.2 Å². The molecule has 0 aromatic heterocycles. The number of rotatable bonds is 7. The first-order chi connectivity index (χ1) is 15.9. The molecular formula is C26H30N2O5. The molecule has 0 bridgehead atoms. The lowest BCUT2D eigenvalue weighted by Crippen LogP contribution is -2.50. The number of carbonyl (C=O) groups excluding carboxylic acids is 2. The second-order valence-corrected chi connectivity index (χ2v) is 9.18. The highest BCUT2D eigenvalue weighted by Crippen LogP contribution is 2.44. The molecule has 33 heavy (non-hydrogen) atoms. The lowest BCUT2D eigenvalue weighted by atomic mass is 9.98. The van der Waals surface area contributed by atoms with Gasteiger partial charge in [-0.05, 0) is 41.0 Å². The van der Waals surface area contributed by atoms with Crippen molar-refractivity contribution in [2.24, 2.45) is 11.8 Å². The van der Waals surface area contributed by atoms with E-state index in [2.05, 4.69) is 34.9 Å². The Bertz CT molecular complexity index is 1000. The van der Waals surface area contributed by atoms with Crippen LogP contribution in [-0.4, -0.2) is 41.8 Å². The fourth-order valence-electron chi connectivity index (χ4n) is 5.01. The Morgan fingerprint density at radius 1 is 1.00 bits per heavy atom. The predicted octanol–water partition coefficient (Wildman–Crippen LogP) is 3.92. The van der Waals surface area contributed by atoms with E-state index in [1.54, 1.807) is 13.8 Å². The number of ether oxygens (including phenoxy) is 1. The number of carbonyl (C=O) groups is 3. The van der Waals surface area contributed by atoms with Crippen molar-refractivity contribution in [3.8, 4) is 11.1 Å². The van der Waals surface area contributed by atoms with Gasteiger partial charge in [0.1, 0.15) is 12.6 Å². The van der Waals surface area contributed by atoms with E-state index in [1.165, 1.54) is 0 Å². The number of amides is 2. The number of alkyl carbamates (subject to hydrolysis) is 1. The molecule has 4 rings (SSSR count). The molecular weight excluding hydrogens is 420 g/mol. The molecule has 3 atom stereocenters. The summed E-state index contributed by atoms with van der Waals surface area (Å²) in [6, 6.07) is 14.9. The maximum Gasteiger partial charge on any atom is 0.407 e. The Balaban J connectivity index is 1.37. The van der Waals surface area contributed by atoms with Gasteiger partial charge in [-0.3, -0.25) is 4.79 Å². The number of nitrogens with one attached hydrogen (secondary N) is 2. The SMILES string of the molecule is CC(C)[C@H](NC(=O)[C@H]1CCC[C@H]1NC(=O)OCC1c2ccccc2-c2ccccc21)C(=O)O. The molecule has 2 aromatic rings. The van der Waals surface area contributed by atoms with Gasteiger partial charge in [-0.25, -0.2) is 9.59 Å². The molecule has 1 fully saturated rings. The van der Waals surface area contributed by atoms with Crippen LogP contribution in [0.25, 0.3) is 11.1 Å². The molecule has 0 aliphatic heterocycles. The van der Waals surface area contributed by atoms with Crippen molar-refractivity contribution < 1.29 is 24.2 Å². The zero-order valence-electron chi connectivity index (χ0n) is 18.9. The topological polar surface area (TPSA) is 105 Å². The van der Waals surface area contributed by atoms with Crippen molar-refractivity contribution in [2.45, 2.75) is 51.1 Å². The zero-order valence-corrected chi connectivity index (χ0v) is 18.9. The van der Waals surface area contributed by atoms with Crippen molar-refractivity contribution >= 4 is 18.0 Å². The average molecular weight is 451 g/mol. The van der Waals surface area contributed by atoms with E-state index in [0.29, 0.717) is 12.8 Å². The summed E-state index contributed by atoms with van der Waals surface area (Å²) in [7, 11) is 0. The van der Waals surface area contributed by atoms with Crippen LogP contribution in [0.2, 0.25) is 0 Å². The van der Waals surface area contributed by atoms with E-state index in [1.807, 2.05) is 24.3 Å². The van der Waals surface area contributed by atoms with Crippen molar-refractivity contribution in [3.05, 3.63) is 59.7 Å². The van der Waals surface area contributed by atoms with Gasteiger partial charge in [0, 0.05) is 12.0 Å². The molecule has 0 radical (unpaired) electrons. The Morgan fingerprint density at radius 2 is 1.61 bits per heavy atom. The standard InChI is InChI=1S/C26H30N2O5/c1-15(2)23(25(30)31)28-24(29)20-12-7-13-22(20)27-26(32)33-14-21-18-10-5-3-8-16(18)17-9-4-6-11-19(17)21/h3-6,8-11,15,20-23H,7,12-14H2,1-2H3,(H,27,32)(H,28,29)(H,30,31)/t20-,22+,23-/m0/s1. The number of carboxylic acids is 1. The highest BCUT2D eigenvalue weighted by atomic mass is 16.5. The summed E-state index contributed by atoms with van der Waals surface area (Å²) < 4.78 is 5.61. The van der Waals surface area contributed by atoms with Crippen LogP contribution in [0.4, 0.5) is 4.79 Å². The van der Waals surface area contributed by atoms with Gasteiger partial charge in [0.25, 0.3) is 0 Å². The molecule has 0 spiro atoms. The minimum absolute atomic E-state index is 0.0341. The molecule has 2 aliphatic carbocycles. The first-order valence-corrected chi connectivity index (χ1v) is 11.5. The molecule has 3 N–H and O–H groups in total. The van der Waals surface area contributed by atoms with E-state index in [9.17, 15) is 19.5 Å². The Morgan fingerprint density at radius 3 is 2.18 bits per heavy atom. The van der Waals surface area contributed by atoms with Crippen molar-refractivity contribution in [1.82, 2.24) is 10.6 Å². The van der Waals surface area contributed by atoms with E-state index in [-0.39, 0.29) is 30.4 Å². The molecule has 0 saturated heterocycles. The van der Waals surface area contributed by atoms with Gasteiger partial charge in [0.2, 0.25) is 5.91 Å². The van der Waals surface area contributed by atoms with Crippen LogP contribution in [0.5, 0.6) is 0 Å². The van der Waals surface area contributed by atoms with Gasteiger partial charge < -0.3 is 20.5 Å². The van der Waals surface area contributed by atoms with Gasteiger partial charge in [0.15, 0.2) is 0 Å². The zero-order chi connectivity index (χ0) is 23.5. The third-order valence-corrected chi connectivity index (χ3v) is 6.73. The first-order valence-electron chi connectivity index (χ1n) is 11.5. The van der Waals surface area contributed by atoms with Crippen LogP contribution in [0, 0.1) is 11.8 Å². The second-order valence-electron chi connectivity index (χ2n) is 9.18. The number of hydrogen-bond donors (Lipinski definition) is 3. The van der Waals surface area contributed by atoms with Crippen LogP contribution < -0.4 is 10.6 Å². The summed E-state index contributed by atoms with van der Waals surface area (Å²) in [4.78, 5) is 36.8. The highest BCUT2D eigenvalue weighted by molar-refractivity contribution is 5.86. The van der Waals surface area contributed by atoms with Crippen molar-refractivity contribution in [3.63, 3.8) is 0 Å². The second kappa shape index (κ2) is 9.65. The maximum atomic E-state index is 12.7. The smallest absolute Gasteiger partial charge is 0.407 e. The number of hydrogen-bond acceptors (Lipinski definition) is 4. The maximum absolute atomic E-state index is 12.7. The van der Waals surface area contributed by atoms with Crippen LogP contribution in [0.15, 0.2) is 48.5 Å². The van der Waals surface area contributed by atoms with Crippen molar-refractivity contribution in [1.29, 1.82) is 0 Å². The highest BCUT2D eigenvalue weighted by Gasteiger charge is 2.37. The van der Waals surface area contributed by atoms with E-state index in [0.717, 1.165) is 28.7 Å². The Hall–Kier alpha value is -3.35. The number of aliphatic carboxylic acids is 1. The summed E-state index contributed by atoms with van der Waals surface area (Å²) in [5, 5.41) is 14.8. The number of benzene rings is 2. The molecule has 2 aliphatic rings. The van der Waals surface area contributed by atoms with E-state index >= 15 is 0 Å². The third-order valence-electron chi connectivity index (χ3n) is 6.73. The molecule has 0 heterocycles. The van der Waals surface area contributed by atoms with Gasteiger partial charge in [-0.1, -0.05) is 68.8 Å². The molecule has 2 amide bonds. The minimum atomic E-state index is -1.06. The number of carboxylic acid groups (broad SMARTS) is 1. The summed E-state index contributed by atoms with van der Waals surface area (Å²) in [5.41, 5.74) is 4.59. The predicted molar refractivity (Wildman–Crippen MR) is 124 cm³/mol. The minimum Gasteiger partial charge on any atom is -0.480 e. The van der Waals surface area contributed by atoms with E-state index in [4.69, 9.17) is 4.74 Å². The fraction of sp³-hybridized carbons (Fsp3) is 0.423. The molecule has 0 unspecified atom stereocenters. The monoisotopic (exact) mass is 450 g/mol. The van der Waals surface area contributed by atoms with Gasteiger partial charge >= 0.3 is 12.1 Å². The lowest BCUT2D eigenvalue weighted by Gasteiger charge is -2.24. The normalized spacial score (nSPS) is 20.1. The summed E-state index contributed by atoms with van der Waals surface area (Å²) in [6.45, 7) is 3.71. The number of fused-ring (bicyclic) bond motifs is 3. The summed E-state index contributed by atoms with van der Waals surface area (Å²) in [5.74, 6) is -2.13. The molecule has 7 heteroatoms. The molecule has 1 saturated carbocycles. The van der Waals surface area contributed by atoms with Gasteiger partial charge in [-0.2, -0.15) is 0 Å². The van der Waals surface area contributed by atoms with E-state index < -0.39 is 24.0 Å². The fourth-order valence-corrected chi connectivity index (χ4v) is 5.01. The quantitative estimate of drug-likeness (QED) is 0.593. The largest absolute Gasteiger partial charge is 0.480 e. The summed E-state index contributed by atoms with van der Waals surface area (Å²) >= 11 is 0. The summed E-state index contributed by atoms with van der Waals surface area (Å²) in [6.07, 6.45) is 1.48. The molecule has 7 nitrogen and oxygen atoms in total. The van der Waals surface area contributed by atoms with Crippen molar-refractivity contribution in [2.75, 3.05) is 6.61 Å². The first kappa shape index (κ1) is 22.8.